The van der Waals surface area contributed by atoms with E-state index < -0.39 is 0 Å². The summed E-state index contributed by atoms with van der Waals surface area (Å²) < 4.78 is 1.000. The van der Waals surface area contributed by atoms with E-state index in [2.05, 4.69) is 26.5 Å². The van der Waals surface area contributed by atoms with Crippen molar-refractivity contribution in [3.8, 4) is 0 Å². The Morgan fingerprint density at radius 2 is 2.33 bits per heavy atom. The number of hydrogen-bond acceptors (Lipinski definition) is 2. The average Bonchev–Trinajstić information content (AvgIpc) is 3.00. The highest BCUT2D eigenvalue weighted by Gasteiger charge is 2.29. The number of halogens is 1. The molecule has 0 aromatic heterocycles. The standard InChI is InChI=1S/C11H11BrN2O/c12-10-3-1-2-8(6-10)7-13-14-11(15)9-4-5-9/h1-3,6-7,9H,4-5H2,(H,14,15). The maximum Gasteiger partial charge on any atom is 0.243 e. The average molecular weight is 267 g/mol. The molecule has 0 atom stereocenters. The largest absolute Gasteiger partial charge is 0.273 e. The van der Waals surface area contributed by atoms with Crippen LogP contribution in [0.2, 0.25) is 0 Å². The van der Waals surface area contributed by atoms with Gasteiger partial charge in [-0.15, -0.1) is 0 Å². The number of nitrogens with one attached hydrogen (secondary N) is 1. The van der Waals surface area contributed by atoms with Gasteiger partial charge >= 0.3 is 0 Å². The van der Waals surface area contributed by atoms with Gasteiger partial charge in [0.25, 0.3) is 0 Å². The number of hydrazone groups is 1. The summed E-state index contributed by atoms with van der Waals surface area (Å²) in [6, 6.07) is 7.73. The SMILES string of the molecule is O=C(NN=Cc1cccc(Br)c1)C1CC1. The maximum absolute atomic E-state index is 11.2. The molecule has 3 nitrogen and oxygen atoms in total. The molecule has 15 heavy (non-hydrogen) atoms. The summed E-state index contributed by atoms with van der Waals surface area (Å²) in [4.78, 5) is 11.2. The van der Waals surface area contributed by atoms with Crippen LogP contribution in [0.3, 0.4) is 0 Å². The van der Waals surface area contributed by atoms with Gasteiger partial charge in [0, 0.05) is 10.4 Å². The second kappa shape index (κ2) is 4.57. The Bertz CT molecular complexity index is 399. The van der Waals surface area contributed by atoms with Gasteiger partial charge in [-0.05, 0) is 30.5 Å². The van der Waals surface area contributed by atoms with Crippen molar-refractivity contribution in [1.29, 1.82) is 0 Å². The molecule has 78 valence electrons. The van der Waals surface area contributed by atoms with Crippen molar-refractivity contribution in [1.82, 2.24) is 5.43 Å². The Morgan fingerprint density at radius 3 is 3.00 bits per heavy atom. The molecule has 4 heteroatoms. The molecule has 0 spiro atoms. The Balaban J connectivity index is 1.90. The number of rotatable bonds is 3. The summed E-state index contributed by atoms with van der Waals surface area (Å²) in [6.07, 6.45) is 3.64. The van der Waals surface area contributed by atoms with E-state index in [9.17, 15) is 4.79 Å². The van der Waals surface area contributed by atoms with Crippen LogP contribution in [0.5, 0.6) is 0 Å². The Kier molecular flexibility index (Phi) is 3.16. The van der Waals surface area contributed by atoms with Crippen LogP contribution >= 0.6 is 15.9 Å². The number of amides is 1. The predicted molar refractivity (Wildman–Crippen MR) is 62.6 cm³/mol. The van der Waals surface area contributed by atoms with Gasteiger partial charge in [-0.3, -0.25) is 4.79 Å². The number of carbonyl (C=O) groups excluding carboxylic acids is 1. The van der Waals surface area contributed by atoms with Gasteiger partial charge in [-0.1, -0.05) is 28.1 Å². The van der Waals surface area contributed by atoms with Crippen molar-refractivity contribution >= 4 is 28.1 Å². The zero-order chi connectivity index (χ0) is 10.7. The molecule has 1 aliphatic carbocycles. The third-order valence-corrected chi connectivity index (χ3v) is 2.68. The van der Waals surface area contributed by atoms with Gasteiger partial charge in [0.1, 0.15) is 0 Å². The molecule has 1 aromatic rings. The van der Waals surface area contributed by atoms with Crippen LogP contribution in [0.4, 0.5) is 0 Å². The maximum atomic E-state index is 11.2. The second-order valence-corrected chi connectivity index (χ2v) is 4.48. The lowest BCUT2D eigenvalue weighted by Crippen LogP contribution is -2.18. The van der Waals surface area contributed by atoms with Gasteiger partial charge in [-0.25, -0.2) is 5.43 Å². The third kappa shape index (κ3) is 3.16. The van der Waals surface area contributed by atoms with Gasteiger partial charge in [0.2, 0.25) is 5.91 Å². The minimum absolute atomic E-state index is 0.0289. The van der Waals surface area contributed by atoms with Crippen molar-refractivity contribution in [2.24, 2.45) is 11.0 Å². The Hall–Kier alpha value is -1.16. The van der Waals surface area contributed by atoms with Crippen LogP contribution in [-0.2, 0) is 4.79 Å². The van der Waals surface area contributed by atoms with Crippen LogP contribution < -0.4 is 5.43 Å². The molecular weight excluding hydrogens is 256 g/mol. The first-order chi connectivity index (χ1) is 7.25. The van der Waals surface area contributed by atoms with Crippen LogP contribution in [0.1, 0.15) is 18.4 Å². The van der Waals surface area contributed by atoms with Gasteiger partial charge < -0.3 is 0 Å². The van der Waals surface area contributed by atoms with E-state index in [0.717, 1.165) is 22.9 Å². The highest BCUT2D eigenvalue weighted by atomic mass is 79.9. The molecule has 0 unspecified atom stereocenters. The van der Waals surface area contributed by atoms with E-state index in [1.807, 2.05) is 24.3 Å². The summed E-state index contributed by atoms with van der Waals surface area (Å²) in [5, 5.41) is 3.90. The van der Waals surface area contributed by atoms with Gasteiger partial charge in [-0.2, -0.15) is 5.10 Å². The van der Waals surface area contributed by atoms with E-state index in [-0.39, 0.29) is 11.8 Å². The third-order valence-electron chi connectivity index (χ3n) is 2.19. The number of benzene rings is 1. The highest BCUT2D eigenvalue weighted by Crippen LogP contribution is 2.28. The lowest BCUT2D eigenvalue weighted by Gasteiger charge is -1.96. The van der Waals surface area contributed by atoms with Crippen LogP contribution in [0.25, 0.3) is 0 Å². The van der Waals surface area contributed by atoms with Gasteiger partial charge in [0.05, 0.1) is 6.21 Å². The van der Waals surface area contributed by atoms with Crippen molar-refractivity contribution in [3.05, 3.63) is 34.3 Å². The monoisotopic (exact) mass is 266 g/mol. The van der Waals surface area contributed by atoms with E-state index in [1.54, 1.807) is 6.21 Å². The lowest BCUT2D eigenvalue weighted by atomic mass is 10.2. The quantitative estimate of drug-likeness (QED) is 0.662. The first kappa shape index (κ1) is 10.4. The molecule has 2 rings (SSSR count). The summed E-state index contributed by atoms with van der Waals surface area (Å²) in [5.41, 5.74) is 3.49. The molecule has 1 N–H and O–H groups in total. The second-order valence-electron chi connectivity index (χ2n) is 3.56. The van der Waals surface area contributed by atoms with Crippen LogP contribution in [0, 0.1) is 5.92 Å². The number of nitrogens with zero attached hydrogens (tertiary/aromatic N) is 1. The fraction of sp³-hybridized carbons (Fsp3) is 0.273. The van der Waals surface area contributed by atoms with Crippen molar-refractivity contribution in [3.63, 3.8) is 0 Å². The first-order valence-electron chi connectivity index (χ1n) is 4.84. The Labute approximate surface area is 96.7 Å². The minimum atomic E-state index is 0.0289. The molecule has 0 heterocycles. The molecule has 1 saturated carbocycles. The van der Waals surface area contributed by atoms with Crippen LogP contribution in [-0.4, -0.2) is 12.1 Å². The Morgan fingerprint density at radius 1 is 1.53 bits per heavy atom. The van der Waals surface area contributed by atoms with Crippen molar-refractivity contribution in [2.45, 2.75) is 12.8 Å². The zero-order valence-electron chi connectivity index (χ0n) is 8.11. The number of carbonyl (C=O) groups is 1. The van der Waals surface area contributed by atoms with Gasteiger partial charge in [0.15, 0.2) is 0 Å². The predicted octanol–water partition coefficient (Wildman–Crippen LogP) is 2.31. The van der Waals surface area contributed by atoms with E-state index in [4.69, 9.17) is 0 Å². The molecule has 0 radical (unpaired) electrons. The van der Waals surface area contributed by atoms with Crippen LogP contribution in [0.15, 0.2) is 33.8 Å². The summed E-state index contributed by atoms with van der Waals surface area (Å²) >= 11 is 3.37. The fourth-order valence-corrected chi connectivity index (χ4v) is 1.61. The highest BCUT2D eigenvalue weighted by molar-refractivity contribution is 9.10. The van der Waals surface area contributed by atoms with Crippen molar-refractivity contribution in [2.75, 3.05) is 0 Å². The van der Waals surface area contributed by atoms with E-state index >= 15 is 0 Å². The smallest absolute Gasteiger partial charge is 0.243 e. The normalized spacial score (nSPS) is 15.5. The molecule has 0 saturated heterocycles. The molecule has 1 amide bonds. The fourth-order valence-electron chi connectivity index (χ4n) is 1.19. The lowest BCUT2D eigenvalue weighted by molar-refractivity contribution is -0.122. The topological polar surface area (TPSA) is 41.5 Å². The van der Waals surface area contributed by atoms with E-state index in [1.165, 1.54) is 0 Å². The summed E-state index contributed by atoms with van der Waals surface area (Å²) in [5.74, 6) is 0.228. The molecule has 1 aromatic carbocycles. The van der Waals surface area contributed by atoms with Crippen molar-refractivity contribution < 1.29 is 4.79 Å². The molecule has 0 bridgehead atoms. The van der Waals surface area contributed by atoms with E-state index in [0.29, 0.717) is 0 Å². The summed E-state index contributed by atoms with van der Waals surface area (Å²) in [7, 11) is 0. The minimum Gasteiger partial charge on any atom is -0.273 e. The molecule has 1 aliphatic rings. The molecule has 0 aliphatic heterocycles. The summed E-state index contributed by atoms with van der Waals surface area (Å²) in [6.45, 7) is 0. The molecule has 1 fully saturated rings. The first-order valence-corrected chi connectivity index (χ1v) is 5.63. The zero-order valence-corrected chi connectivity index (χ0v) is 9.70. The molecular formula is C11H11BrN2O. The number of hydrogen-bond donors (Lipinski definition) is 1.